The van der Waals surface area contributed by atoms with Gasteiger partial charge in [0.05, 0.1) is 0 Å². The summed E-state index contributed by atoms with van der Waals surface area (Å²) >= 11 is 1.92. The van der Waals surface area contributed by atoms with Crippen LogP contribution in [0.25, 0.3) is 96.6 Å². The zero-order valence-electron chi connectivity index (χ0n) is 21.2. The lowest BCUT2D eigenvalue weighted by Gasteiger charge is -2.19. The molecular formula is C37H21NS. The summed E-state index contributed by atoms with van der Waals surface area (Å²) in [6.07, 6.45) is 0. The molecule has 0 aliphatic heterocycles. The Hall–Kier alpha value is -4.66. The molecule has 0 bridgehead atoms. The molecule has 1 aromatic heterocycles. The van der Waals surface area contributed by atoms with Crippen molar-refractivity contribution in [2.24, 2.45) is 0 Å². The Labute approximate surface area is 228 Å². The lowest BCUT2D eigenvalue weighted by Crippen LogP contribution is -1.91. The highest BCUT2D eigenvalue weighted by atomic mass is 32.1. The van der Waals surface area contributed by atoms with Gasteiger partial charge in [-0.2, -0.15) is 0 Å². The summed E-state index contributed by atoms with van der Waals surface area (Å²) < 4.78 is 0. The summed E-state index contributed by atoms with van der Waals surface area (Å²) in [6.45, 7) is 0. The standard InChI is InChI=1S/C37H21NS/c1-38-23-10-7-19(8-11-23)31-18-30-27-14-13-26-29-17-22-4-2-3-20-5-6-21-9-12-24(36(29)33(21)32(20)22)25-15-16-28(37(30)39-31)35(27)34(25)26/h2-18,38H,1H3. The van der Waals surface area contributed by atoms with Crippen LogP contribution in [0.1, 0.15) is 0 Å². The van der Waals surface area contributed by atoms with Gasteiger partial charge in [0.1, 0.15) is 0 Å². The molecule has 9 aromatic rings. The normalized spacial score (nSPS) is 12.7. The molecule has 0 saturated heterocycles. The fourth-order valence-electron chi connectivity index (χ4n) is 7.38. The summed E-state index contributed by atoms with van der Waals surface area (Å²) in [6, 6.07) is 39.1. The molecule has 2 heteroatoms. The van der Waals surface area contributed by atoms with E-state index in [1.54, 1.807) is 0 Å². The van der Waals surface area contributed by atoms with Gasteiger partial charge in [-0.3, -0.25) is 0 Å². The molecule has 1 N–H and O–H groups in total. The number of rotatable bonds is 2. The van der Waals surface area contributed by atoms with Crippen molar-refractivity contribution in [3.63, 3.8) is 0 Å². The Bertz CT molecular complexity index is 2430. The van der Waals surface area contributed by atoms with Crippen molar-refractivity contribution in [1.29, 1.82) is 0 Å². The van der Waals surface area contributed by atoms with Crippen LogP contribution in [0.4, 0.5) is 5.69 Å². The molecular weight excluding hydrogens is 490 g/mol. The second-order valence-corrected chi connectivity index (χ2v) is 12.0. The Morgan fingerprint density at radius 2 is 1.15 bits per heavy atom. The number of anilines is 1. The van der Waals surface area contributed by atoms with Gasteiger partial charge in [0.15, 0.2) is 0 Å². The highest BCUT2D eigenvalue weighted by molar-refractivity contribution is 7.19. The molecule has 1 heterocycles. The Morgan fingerprint density at radius 3 is 1.97 bits per heavy atom. The molecule has 0 saturated carbocycles. The predicted molar refractivity (Wildman–Crippen MR) is 171 cm³/mol. The monoisotopic (exact) mass is 511 g/mol. The van der Waals surface area contributed by atoms with Crippen molar-refractivity contribution in [2.75, 3.05) is 12.4 Å². The van der Waals surface area contributed by atoms with Gasteiger partial charge in [-0.05, 0) is 100 Å². The van der Waals surface area contributed by atoms with Crippen LogP contribution in [-0.4, -0.2) is 7.05 Å². The zero-order chi connectivity index (χ0) is 25.4. The smallest absolute Gasteiger partial charge is 0.0434 e. The van der Waals surface area contributed by atoms with Crippen LogP contribution in [-0.2, 0) is 0 Å². The van der Waals surface area contributed by atoms with Gasteiger partial charge >= 0.3 is 0 Å². The van der Waals surface area contributed by atoms with Crippen molar-refractivity contribution in [2.45, 2.75) is 0 Å². The second kappa shape index (κ2) is 6.85. The van der Waals surface area contributed by atoms with Crippen LogP contribution in [0.2, 0.25) is 0 Å². The fraction of sp³-hybridized carbons (Fsp3) is 0.0270. The minimum Gasteiger partial charge on any atom is -0.388 e. The molecule has 10 rings (SSSR count). The molecule has 0 spiro atoms. The van der Waals surface area contributed by atoms with Crippen molar-refractivity contribution in [3.8, 4) is 32.0 Å². The van der Waals surface area contributed by atoms with Crippen molar-refractivity contribution in [3.05, 3.63) is 103 Å². The van der Waals surface area contributed by atoms with E-state index in [9.17, 15) is 0 Å². The van der Waals surface area contributed by atoms with E-state index in [2.05, 4.69) is 108 Å². The summed E-state index contributed by atoms with van der Waals surface area (Å²) in [7, 11) is 1.97. The largest absolute Gasteiger partial charge is 0.388 e. The van der Waals surface area contributed by atoms with Crippen molar-refractivity contribution >= 4 is 81.7 Å². The van der Waals surface area contributed by atoms with Gasteiger partial charge in [-0.1, -0.05) is 78.9 Å². The van der Waals surface area contributed by atoms with E-state index in [0.29, 0.717) is 0 Å². The minimum absolute atomic E-state index is 1.14. The van der Waals surface area contributed by atoms with Crippen molar-refractivity contribution in [1.82, 2.24) is 0 Å². The molecule has 180 valence electrons. The number of nitrogens with one attached hydrogen (secondary N) is 1. The number of thiophene rings is 1. The van der Waals surface area contributed by atoms with Crippen LogP contribution in [0.15, 0.2) is 103 Å². The SMILES string of the molecule is CNc1ccc(-c2cc3c(s2)-c2ccc4c5ccc6ccc7cccc8cc(c9ccc-3c2c49)c5c6c78)cc1. The average Bonchev–Trinajstić information content (AvgIpc) is 3.55. The molecule has 1 aliphatic rings. The first-order chi connectivity index (χ1) is 19.3. The quantitative estimate of drug-likeness (QED) is 0.180. The van der Waals surface area contributed by atoms with Crippen LogP contribution in [0.5, 0.6) is 0 Å². The molecule has 0 amide bonds. The van der Waals surface area contributed by atoms with E-state index in [1.165, 1.54) is 96.6 Å². The molecule has 0 unspecified atom stereocenters. The maximum Gasteiger partial charge on any atom is 0.0434 e. The van der Waals surface area contributed by atoms with Crippen LogP contribution < -0.4 is 5.32 Å². The van der Waals surface area contributed by atoms with Gasteiger partial charge in [0.25, 0.3) is 0 Å². The molecule has 0 atom stereocenters. The first-order valence-corrected chi connectivity index (χ1v) is 14.3. The Morgan fingerprint density at radius 1 is 0.487 bits per heavy atom. The first kappa shape index (κ1) is 20.3. The topological polar surface area (TPSA) is 12.0 Å². The summed E-state index contributed by atoms with van der Waals surface area (Å²) in [5.74, 6) is 0. The third-order valence-electron chi connectivity index (χ3n) is 9.09. The number of benzene rings is 8. The minimum atomic E-state index is 1.14. The predicted octanol–water partition coefficient (Wildman–Crippen LogP) is 10.9. The molecule has 8 aromatic carbocycles. The lowest BCUT2D eigenvalue weighted by atomic mass is 9.84. The average molecular weight is 512 g/mol. The Kier molecular flexibility index (Phi) is 3.57. The number of fused-ring (bicyclic) bond motifs is 5. The lowest BCUT2D eigenvalue weighted by molar-refractivity contribution is 1.51. The second-order valence-electron chi connectivity index (χ2n) is 10.9. The molecule has 0 fully saturated rings. The highest BCUT2D eigenvalue weighted by Crippen LogP contribution is 2.56. The summed E-state index contributed by atoms with van der Waals surface area (Å²) in [5.41, 5.74) is 6.55. The van der Waals surface area contributed by atoms with Gasteiger partial charge in [-0.25, -0.2) is 0 Å². The maximum atomic E-state index is 3.23. The molecule has 0 radical (unpaired) electrons. The first-order valence-electron chi connectivity index (χ1n) is 13.5. The Balaban J connectivity index is 1.32. The fourth-order valence-corrected chi connectivity index (χ4v) is 8.59. The van der Waals surface area contributed by atoms with Gasteiger partial charge in [-0.15, -0.1) is 11.3 Å². The van der Waals surface area contributed by atoms with Crippen LogP contribution >= 0.6 is 11.3 Å². The molecule has 1 aliphatic carbocycles. The molecule has 1 nitrogen and oxygen atoms in total. The van der Waals surface area contributed by atoms with E-state index < -0.39 is 0 Å². The van der Waals surface area contributed by atoms with Crippen LogP contribution in [0, 0.1) is 0 Å². The maximum absolute atomic E-state index is 3.23. The zero-order valence-corrected chi connectivity index (χ0v) is 22.0. The van der Waals surface area contributed by atoms with Crippen LogP contribution in [0.3, 0.4) is 0 Å². The third-order valence-corrected chi connectivity index (χ3v) is 10.3. The van der Waals surface area contributed by atoms with Gasteiger partial charge in [0, 0.05) is 33.6 Å². The van der Waals surface area contributed by atoms with E-state index in [1.807, 2.05) is 18.4 Å². The number of hydrogen-bond donors (Lipinski definition) is 1. The third kappa shape index (κ3) is 2.38. The summed E-state index contributed by atoms with van der Waals surface area (Å²) in [5, 5.41) is 19.7. The molecule has 39 heavy (non-hydrogen) atoms. The van der Waals surface area contributed by atoms with E-state index >= 15 is 0 Å². The highest BCUT2D eigenvalue weighted by Gasteiger charge is 2.28. The van der Waals surface area contributed by atoms with Crippen molar-refractivity contribution < 1.29 is 0 Å². The van der Waals surface area contributed by atoms with Gasteiger partial charge < -0.3 is 5.32 Å². The van der Waals surface area contributed by atoms with E-state index in [0.717, 1.165) is 5.69 Å². The van der Waals surface area contributed by atoms with Gasteiger partial charge in [0.2, 0.25) is 0 Å². The van der Waals surface area contributed by atoms with E-state index in [-0.39, 0.29) is 0 Å². The number of hydrogen-bond acceptors (Lipinski definition) is 2. The summed E-state index contributed by atoms with van der Waals surface area (Å²) in [4.78, 5) is 2.73. The van der Waals surface area contributed by atoms with E-state index in [4.69, 9.17) is 0 Å².